The summed E-state index contributed by atoms with van der Waals surface area (Å²) >= 11 is 0. The van der Waals surface area contributed by atoms with Gasteiger partial charge in [0, 0.05) is 60.8 Å². The lowest BCUT2D eigenvalue weighted by Gasteiger charge is -2.30. The van der Waals surface area contributed by atoms with Gasteiger partial charge in [-0.25, -0.2) is 9.50 Å². The molecule has 2 aromatic carbocycles. The summed E-state index contributed by atoms with van der Waals surface area (Å²) < 4.78 is 1.88. The van der Waals surface area contributed by atoms with Crippen molar-refractivity contribution in [1.82, 2.24) is 24.8 Å². The lowest BCUT2D eigenvalue weighted by molar-refractivity contribution is -0.136. The lowest BCUT2D eigenvalue weighted by Crippen LogP contribution is -2.51. The van der Waals surface area contributed by atoms with Gasteiger partial charge in [0.2, 0.25) is 5.91 Å². The Bertz CT molecular complexity index is 1470. The summed E-state index contributed by atoms with van der Waals surface area (Å²) in [6, 6.07) is 18.2. The quantitative estimate of drug-likeness (QED) is 0.279. The Kier molecular flexibility index (Phi) is 6.05. The van der Waals surface area contributed by atoms with Crippen molar-refractivity contribution in [2.45, 2.75) is 18.9 Å². The average Bonchev–Trinajstić information content (AvgIpc) is 3.51. The number of benzene rings is 2. The van der Waals surface area contributed by atoms with Crippen LogP contribution in [0.5, 0.6) is 0 Å². The van der Waals surface area contributed by atoms with Crippen molar-refractivity contribution < 1.29 is 4.79 Å². The molecule has 2 fully saturated rings. The van der Waals surface area contributed by atoms with Gasteiger partial charge in [0.05, 0.1) is 12.5 Å². The van der Waals surface area contributed by atoms with Gasteiger partial charge in [-0.1, -0.05) is 42.5 Å². The molecule has 2 aromatic heterocycles. The van der Waals surface area contributed by atoms with E-state index in [1.807, 2.05) is 52.0 Å². The number of aromatic nitrogens is 3. The summed E-state index contributed by atoms with van der Waals surface area (Å²) in [6.07, 6.45) is 4.18. The number of nitrogen functional groups attached to an aromatic ring is 2. The minimum Gasteiger partial charge on any atom is -0.398 e. The molecule has 0 aliphatic carbocycles. The van der Waals surface area contributed by atoms with Crippen LogP contribution in [0.3, 0.4) is 0 Å². The highest BCUT2D eigenvalue weighted by Crippen LogP contribution is 2.37. The third kappa shape index (κ3) is 4.42. The van der Waals surface area contributed by atoms with E-state index >= 15 is 0 Å². The molecule has 2 aliphatic rings. The first-order chi connectivity index (χ1) is 18.1. The molecule has 188 valence electrons. The number of anilines is 2. The van der Waals surface area contributed by atoms with E-state index in [1.54, 1.807) is 0 Å². The van der Waals surface area contributed by atoms with Crippen LogP contribution in [0.15, 0.2) is 65.9 Å². The maximum atomic E-state index is 12.8. The van der Waals surface area contributed by atoms with Gasteiger partial charge in [-0.2, -0.15) is 5.10 Å². The molecule has 2 saturated heterocycles. The summed E-state index contributed by atoms with van der Waals surface area (Å²) in [6.45, 7) is 3.59. The molecular formula is C28H30N8O. The predicted molar refractivity (Wildman–Crippen MR) is 145 cm³/mol. The number of hydrogen-bond acceptors (Lipinski definition) is 7. The Labute approximate surface area is 215 Å². The number of carbonyl (C=O) groups is 1. The van der Waals surface area contributed by atoms with Crippen molar-refractivity contribution in [2.75, 3.05) is 37.6 Å². The van der Waals surface area contributed by atoms with E-state index in [2.05, 4.69) is 38.6 Å². The van der Waals surface area contributed by atoms with Crippen LogP contribution in [0.4, 0.5) is 11.5 Å². The Balaban J connectivity index is 1.28. The van der Waals surface area contributed by atoms with Crippen LogP contribution < -0.4 is 16.8 Å². The van der Waals surface area contributed by atoms with Crippen molar-refractivity contribution in [1.29, 1.82) is 0 Å². The van der Waals surface area contributed by atoms with Crippen molar-refractivity contribution in [3.8, 4) is 11.1 Å². The number of carbonyl (C=O) groups excluding carboxylic acids is 1. The molecule has 1 atom stereocenters. The molecule has 0 saturated carbocycles. The van der Waals surface area contributed by atoms with E-state index in [1.165, 1.54) is 6.33 Å². The molecule has 4 heterocycles. The number of rotatable bonds is 6. The molecule has 37 heavy (non-hydrogen) atoms. The van der Waals surface area contributed by atoms with Crippen LogP contribution in [0, 0.1) is 5.92 Å². The Morgan fingerprint density at radius 2 is 1.97 bits per heavy atom. The number of fused-ring (bicyclic) bond motifs is 1. The van der Waals surface area contributed by atoms with Gasteiger partial charge >= 0.3 is 0 Å². The molecule has 4 aromatic rings. The third-order valence-corrected chi connectivity index (χ3v) is 7.40. The second-order valence-corrected chi connectivity index (χ2v) is 9.81. The first-order valence-corrected chi connectivity index (χ1v) is 12.6. The fourth-order valence-electron chi connectivity index (χ4n) is 5.22. The summed E-state index contributed by atoms with van der Waals surface area (Å²) in [5, 5.41) is 7.72. The fourth-order valence-corrected chi connectivity index (χ4v) is 5.22. The minimum absolute atomic E-state index is 0.106. The average molecular weight is 495 g/mol. The summed E-state index contributed by atoms with van der Waals surface area (Å²) in [5.41, 5.74) is 19.1. The number of likely N-dealkylation sites (tertiary alicyclic amines) is 1. The normalized spacial score (nSPS) is 18.1. The van der Waals surface area contributed by atoms with E-state index in [0.29, 0.717) is 24.6 Å². The first-order valence-electron chi connectivity index (χ1n) is 12.6. The zero-order chi connectivity index (χ0) is 25.4. The van der Waals surface area contributed by atoms with Crippen LogP contribution in [0.25, 0.3) is 16.6 Å². The van der Waals surface area contributed by atoms with Crippen molar-refractivity contribution in [2.24, 2.45) is 10.9 Å². The minimum atomic E-state index is 0.106. The van der Waals surface area contributed by atoms with Crippen LogP contribution in [0.1, 0.15) is 29.2 Å². The van der Waals surface area contributed by atoms with E-state index in [4.69, 9.17) is 11.5 Å². The second kappa shape index (κ2) is 9.67. The Morgan fingerprint density at radius 3 is 2.73 bits per heavy atom. The number of nitrogens with two attached hydrogens (primary N) is 2. The van der Waals surface area contributed by atoms with Crippen LogP contribution in [-0.2, 0) is 11.3 Å². The van der Waals surface area contributed by atoms with Crippen LogP contribution in [-0.4, -0.2) is 57.8 Å². The molecule has 9 nitrogen and oxygen atoms in total. The van der Waals surface area contributed by atoms with Gasteiger partial charge in [-0.15, -0.1) is 0 Å². The third-order valence-electron chi connectivity index (χ3n) is 7.40. The zero-order valence-corrected chi connectivity index (χ0v) is 20.5. The highest BCUT2D eigenvalue weighted by atomic mass is 16.2. The summed E-state index contributed by atoms with van der Waals surface area (Å²) in [5.74, 6) is 0.937. The molecule has 0 radical (unpaired) electrons. The van der Waals surface area contributed by atoms with Gasteiger partial charge in [0.15, 0.2) is 5.82 Å². The number of hydrogen-bond donors (Lipinski definition) is 3. The topological polar surface area (TPSA) is 127 Å². The number of nitrogens with zero attached hydrogens (tertiary/aromatic N) is 5. The van der Waals surface area contributed by atoms with Gasteiger partial charge in [0.1, 0.15) is 11.8 Å². The first kappa shape index (κ1) is 23.2. The predicted octanol–water partition coefficient (Wildman–Crippen LogP) is 2.72. The fraction of sp³-hybridized carbons (Fsp3) is 0.286. The van der Waals surface area contributed by atoms with E-state index in [0.717, 1.165) is 59.5 Å². The number of nitrogens with one attached hydrogen (secondary N) is 1. The SMILES string of the molecule is Nc1cc(-c2cc(C3CCN(C(=O)C4CNC4)C3)n3ncnc(N)c23)ccc1C=NCc1ccccc1. The molecular weight excluding hydrogens is 464 g/mol. The van der Waals surface area contributed by atoms with Crippen LogP contribution >= 0.6 is 0 Å². The standard InChI is InChI=1S/C28H30N8O/c29-24-10-19(6-7-20(24)13-31-12-18-4-2-1-3-5-18)23-11-25(36-26(23)27(30)33-17-34-36)21-8-9-35(16-21)28(37)22-14-32-15-22/h1-7,10-11,13,17,21-22,32H,8-9,12,14-16,29H2,(H2,30,33,34). The molecule has 6 rings (SSSR count). The van der Waals surface area contributed by atoms with Crippen LogP contribution in [0.2, 0.25) is 0 Å². The molecule has 9 heteroatoms. The lowest BCUT2D eigenvalue weighted by atomic mass is 10.0. The maximum Gasteiger partial charge on any atom is 0.228 e. The monoisotopic (exact) mass is 494 g/mol. The van der Waals surface area contributed by atoms with Gasteiger partial charge in [-0.3, -0.25) is 9.79 Å². The number of aliphatic imine (C=N–C) groups is 1. The number of amides is 1. The Morgan fingerprint density at radius 1 is 1.14 bits per heavy atom. The van der Waals surface area contributed by atoms with Crippen molar-refractivity contribution in [3.05, 3.63) is 77.7 Å². The summed E-state index contributed by atoms with van der Waals surface area (Å²) in [4.78, 5) is 23.6. The van der Waals surface area contributed by atoms with Crippen molar-refractivity contribution in [3.63, 3.8) is 0 Å². The van der Waals surface area contributed by atoms with Crippen molar-refractivity contribution >= 4 is 29.1 Å². The summed E-state index contributed by atoms with van der Waals surface area (Å²) in [7, 11) is 0. The molecule has 1 unspecified atom stereocenters. The van der Waals surface area contributed by atoms with Gasteiger partial charge in [0.25, 0.3) is 0 Å². The highest BCUT2D eigenvalue weighted by molar-refractivity contribution is 5.93. The van der Waals surface area contributed by atoms with Gasteiger partial charge < -0.3 is 21.7 Å². The maximum absolute atomic E-state index is 12.8. The molecule has 1 amide bonds. The van der Waals surface area contributed by atoms with E-state index in [9.17, 15) is 4.79 Å². The molecule has 0 spiro atoms. The van der Waals surface area contributed by atoms with E-state index in [-0.39, 0.29) is 17.7 Å². The van der Waals surface area contributed by atoms with E-state index < -0.39 is 0 Å². The second-order valence-electron chi connectivity index (χ2n) is 9.81. The largest absolute Gasteiger partial charge is 0.398 e. The highest BCUT2D eigenvalue weighted by Gasteiger charge is 2.35. The molecule has 2 aliphatic heterocycles. The van der Waals surface area contributed by atoms with Gasteiger partial charge in [-0.05, 0) is 29.7 Å². The smallest absolute Gasteiger partial charge is 0.228 e. The molecule has 5 N–H and O–H groups in total. The zero-order valence-electron chi connectivity index (χ0n) is 20.5. The molecule has 0 bridgehead atoms. The Hall–Kier alpha value is -4.24.